The average Bonchev–Trinajstić information content (AvgIpc) is 3.17. The van der Waals surface area contributed by atoms with Crippen LogP contribution in [0, 0.1) is 0 Å². The summed E-state index contributed by atoms with van der Waals surface area (Å²) in [5.41, 5.74) is 2.07. The molecule has 1 aromatic carbocycles. The van der Waals surface area contributed by atoms with Crippen molar-refractivity contribution in [1.29, 1.82) is 0 Å². The second-order valence-corrected chi connectivity index (χ2v) is 15.6. The number of cyclic esters (lactones) is 1. The van der Waals surface area contributed by atoms with Crippen molar-refractivity contribution in [1.82, 2.24) is 14.5 Å². The van der Waals surface area contributed by atoms with E-state index in [0.29, 0.717) is 23.4 Å². The summed E-state index contributed by atoms with van der Waals surface area (Å²) in [6, 6.07) is 11.5. The Kier molecular flexibility index (Phi) is 6.94. The van der Waals surface area contributed by atoms with Gasteiger partial charge in [-0.1, -0.05) is 44.3 Å². The molecule has 5 rings (SSSR count). The van der Waals surface area contributed by atoms with Crippen LogP contribution in [-0.4, -0.2) is 54.2 Å². The second kappa shape index (κ2) is 9.41. The predicted molar refractivity (Wildman–Crippen MR) is 147 cm³/mol. The number of fused-ring (bicyclic) bond motifs is 5. The van der Waals surface area contributed by atoms with Crippen molar-refractivity contribution >= 4 is 42.5 Å². The standard InChI is InChI=1S/C27H33N3O4Si.ClH/c1-6-27(33)20-14-21-23-18(15-30(21)25(31)19(20)16-34-26(27)32)13-17-9-7-10-22(24(17)28-23)35(4,5)12-8-11-29(2)3;/h7,9-10,13-14,33H,6,8,11-12,15-16H2,1-5H3;1H/t27-;/m0./s1. The number of para-hydroxylation sites is 1. The van der Waals surface area contributed by atoms with E-state index < -0.39 is 19.6 Å². The Morgan fingerprint density at radius 1 is 1.22 bits per heavy atom. The number of carbonyl (C=O) groups excluding carboxylic acids is 1. The van der Waals surface area contributed by atoms with Gasteiger partial charge in [0, 0.05) is 16.5 Å². The molecule has 0 unspecified atom stereocenters. The highest BCUT2D eigenvalue weighted by Crippen LogP contribution is 2.38. The molecule has 0 bridgehead atoms. The van der Waals surface area contributed by atoms with Gasteiger partial charge in [-0.25, -0.2) is 9.78 Å². The van der Waals surface area contributed by atoms with E-state index in [-0.39, 0.29) is 31.0 Å². The molecule has 0 radical (unpaired) electrons. The van der Waals surface area contributed by atoms with E-state index in [4.69, 9.17) is 9.72 Å². The van der Waals surface area contributed by atoms with Gasteiger partial charge in [-0.2, -0.15) is 0 Å². The van der Waals surface area contributed by atoms with Crippen molar-refractivity contribution in [2.24, 2.45) is 0 Å². The highest BCUT2D eigenvalue weighted by molar-refractivity contribution is 6.91. The van der Waals surface area contributed by atoms with Gasteiger partial charge in [-0.15, -0.1) is 12.4 Å². The van der Waals surface area contributed by atoms with Crippen molar-refractivity contribution in [3.63, 3.8) is 0 Å². The molecule has 0 saturated heterocycles. The number of ether oxygens (including phenoxy) is 1. The van der Waals surface area contributed by atoms with Crippen LogP contribution in [-0.2, 0) is 28.3 Å². The van der Waals surface area contributed by atoms with Crippen molar-refractivity contribution in [3.05, 3.63) is 57.4 Å². The third-order valence-corrected chi connectivity index (χ3v) is 11.1. The van der Waals surface area contributed by atoms with Crippen LogP contribution in [0.5, 0.6) is 0 Å². The Labute approximate surface area is 218 Å². The Balaban J connectivity index is 0.00000304. The van der Waals surface area contributed by atoms with E-state index in [9.17, 15) is 14.7 Å². The van der Waals surface area contributed by atoms with E-state index in [2.05, 4.69) is 56.4 Å². The molecule has 1 N–H and O–H groups in total. The number of esters is 1. The monoisotopic (exact) mass is 527 g/mol. The first kappa shape index (κ1) is 26.5. The zero-order chi connectivity index (χ0) is 25.1. The van der Waals surface area contributed by atoms with Gasteiger partial charge in [-0.3, -0.25) is 4.79 Å². The van der Waals surface area contributed by atoms with Crippen LogP contribution in [0.3, 0.4) is 0 Å². The lowest BCUT2D eigenvalue weighted by molar-refractivity contribution is -0.172. The molecular weight excluding hydrogens is 494 g/mol. The molecule has 7 nitrogen and oxygen atoms in total. The zero-order valence-corrected chi connectivity index (χ0v) is 23.4. The van der Waals surface area contributed by atoms with Gasteiger partial charge in [0.25, 0.3) is 5.56 Å². The highest BCUT2D eigenvalue weighted by atomic mass is 35.5. The fourth-order valence-corrected chi connectivity index (χ4v) is 8.23. The zero-order valence-electron chi connectivity index (χ0n) is 21.6. The molecule has 36 heavy (non-hydrogen) atoms. The lowest BCUT2D eigenvalue weighted by Gasteiger charge is -2.31. The van der Waals surface area contributed by atoms with Crippen LogP contribution in [0.15, 0.2) is 35.1 Å². The molecule has 2 aliphatic heterocycles. The summed E-state index contributed by atoms with van der Waals surface area (Å²) in [5.74, 6) is -0.700. The summed E-state index contributed by atoms with van der Waals surface area (Å²) in [5, 5.41) is 13.5. The summed E-state index contributed by atoms with van der Waals surface area (Å²) < 4.78 is 6.87. The van der Waals surface area contributed by atoms with Crippen molar-refractivity contribution in [2.45, 2.75) is 57.7 Å². The van der Waals surface area contributed by atoms with Gasteiger partial charge >= 0.3 is 5.97 Å². The molecule has 9 heteroatoms. The molecule has 0 saturated carbocycles. The third-order valence-electron chi connectivity index (χ3n) is 7.67. The normalized spacial score (nSPS) is 18.5. The van der Waals surface area contributed by atoms with Gasteiger partial charge in [0.05, 0.1) is 37.1 Å². The van der Waals surface area contributed by atoms with Crippen LogP contribution in [0.1, 0.15) is 36.5 Å². The van der Waals surface area contributed by atoms with Crippen LogP contribution in [0.25, 0.3) is 22.3 Å². The smallest absolute Gasteiger partial charge is 0.343 e. The summed E-state index contributed by atoms with van der Waals surface area (Å²) in [4.78, 5) is 33.2. The van der Waals surface area contributed by atoms with Gasteiger partial charge in [0.15, 0.2) is 5.60 Å². The van der Waals surface area contributed by atoms with Crippen molar-refractivity contribution in [3.8, 4) is 11.4 Å². The molecule has 0 aliphatic carbocycles. The van der Waals surface area contributed by atoms with Crippen LogP contribution in [0.2, 0.25) is 19.1 Å². The molecule has 4 heterocycles. The molecule has 0 amide bonds. The number of carbonyl (C=O) groups is 1. The largest absolute Gasteiger partial charge is 0.458 e. The maximum atomic E-state index is 13.4. The summed E-state index contributed by atoms with van der Waals surface area (Å²) in [6.07, 6.45) is 1.28. The number of nitrogens with zero attached hydrogens (tertiary/aromatic N) is 3. The number of hydrogen-bond acceptors (Lipinski definition) is 6. The van der Waals surface area contributed by atoms with E-state index >= 15 is 0 Å². The number of aromatic nitrogens is 2. The Hall–Kier alpha value is -2.52. The van der Waals surface area contributed by atoms with Gasteiger partial charge in [0.2, 0.25) is 0 Å². The van der Waals surface area contributed by atoms with Crippen molar-refractivity contribution in [2.75, 3.05) is 20.6 Å². The number of rotatable bonds is 6. The van der Waals surface area contributed by atoms with Crippen LogP contribution in [0.4, 0.5) is 0 Å². The highest BCUT2D eigenvalue weighted by Gasteiger charge is 2.45. The first-order valence-corrected chi connectivity index (χ1v) is 15.5. The van der Waals surface area contributed by atoms with E-state index in [1.807, 2.05) is 0 Å². The van der Waals surface area contributed by atoms with Gasteiger partial charge in [0.1, 0.15) is 6.61 Å². The minimum absolute atomic E-state index is 0. The molecule has 2 aliphatic rings. The predicted octanol–water partition coefficient (Wildman–Crippen LogP) is 3.37. The molecular formula is C27H34ClN3O4Si. The minimum atomic E-state index is -1.81. The topological polar surface area (TPSA) is 84.7 Å². The number of hydrogen-bond donors (Lipinski definition) is 1. The van der Waals surface area contributed by atoms with Crippen LogP contribution < -0.4 is 10.7 Å². The molecule has 0 spiro atoms. The lowest BCUT2D eigenvalue weighted by Crippen LogP contribution is -2.44. The summed E-state index contributed by atoms with van der Waals surface area (Å²) in [7, 11) is 2.45. The average molecular weight is 528 g/mol. The fourth-order valence-electron chi connectivity index (χ4n) is 5.53. The van der Waals surface area contributed by atoms with Crippen LogP contribution >= 0.6 is 12.4 Å². The number of aliphatic hydroxyl groups is 1. The summed E-state index contributed by atoms with van der Waals surface area (Å²) in [6.45, 7) is 7.89. The number of benzene rings is 1. The molecule has 0 fully saturated rings. The summed E-state index contributed by atoms with van der Waals surface area (Å²) >= 11 is 0. The SMILES string of the molecule is CC[C@@]1(O)C(=O)OCc2c1cc1n(c2=O)Cc2cc3cccc([Si](C)(C)CCCN(C)C)c3nc2-1.Cl. The number of halogens is 1. The molecule has 3 aromatic rings. The van der Waals surface area contributed by atoms with Gasteiger partial charge in [-0.05, 0) is 50.8 Å². The Morgan fingerprint density at radius 3 is 2.67 bits per heavy atom. The van der Waals surface area contributed by atoms with E-state index in [1.165, 1.54) is 5.19 Å². The second-order valence-electron chi connectivity index (χ2n) is 10.8. The van der Waals surface area contributed by atoms with Gasteiger partial charge < -0.3 is 19.3 Å². The first-order chi connectivity index (χ1) is 16.6. The Bertz CT molecular complexity index is 1420. The third kappa shape index (κ3) is 4.10. The molecule has 1 atom stereocenters. The Morgan fingerprint density at radius 2 is 1.97 bits per heavy atom. The van der Waals surface area contributed by atoms with E-state index in [1.54, 1.807) is 17.6 Å². The maximum Gasteiger partial charge on any atom is 0.343 e. The molecule has 192 valence electrons. The first-order valence-electron chi connectivity index (χ1n) is 12.3. The number of pyridine rings is 2. The van der Waals surface area contributed by atoms with E-state index in [0.717, 1.165) is 41.2 Å². The maximum absolute atomic E-state index is 13.4. The van der Waals surface area contributed by atoms with Crippen molar-refractivity contribution < 1.29 is 14.6 Å². The fraction of sp³-hybridized carbons (Fsp3) is 0.444. The quantitative estimate of drug-likeness (QED) is 0.306. The minimum Gasteiger partial charge on any atom is -0.458 e. The lowest BCUT2D eigenvalue weighted by atomic mass is 9.86. The molecule has 2 aromatic heterocycles.